The van der Waals surface area contributed by atoms with Crippen molar-refractivity contribution >= 4 is 11.8 Å². The molecule has 0 saturated heterocycles. The number of hydrogen-bond donors (Lipinski definition) is 3. The number of hydrogen-bond acceptors (Lipinski definition) is 8. The summed E-state index contributed by atoms with van der Waals surface area (Å²) in [6.45, 7) is 5.88. The highest BCUT2D eigenvalue weighted by molar-refractivity contribution is 5.94. The molecule has 39 heavy (non-hydrogen) atoms. The summed E-state index contributed by atoms with van der Waals surface area (Å²) in [4.78, 5) is 25.8. The lowest BCUT2D eigenvalue weighted by Gasteiger charge is -2.16. The van der Waals surface area contributed by atoms with Gasteiger partial charge in [0.05, 0.1) is 30.7 Å². The zero-order valence-electron chi connectivity index (χ0n) is 21.5. The van der Waals surface area contributed by atoms with Crippen LogP contribution >= 0.6 is 0 Å². The Balaban J connectivity index is 1.44. The van der Waals surface area contributed by atoms with Crippen molar-refractivity contribution in [2.45, 2.75) is 51.7 Å². The molecule has 1 unspecified atom stereocenters. The van der Waals surface area contributed by atoms with Gasteiger partial charge < -0.3 is 5.32 Å². The van der Waals surface area contributed by atoms with E-state index in [2.05, 4.69) is 31.0 Å². The number of nitrogens with one attached hydrogen (secondary N) is 2. The molecule has 2 aromatic carbocycles. The van der Waals surface area contributed by atoms with E-state index in [-0.39, 0.29) is 24.1 Å². The predicted molar refractivity (Wildman–Crippen MR) is 133 cm³/mol. The number of hydroxylamine groups is 1. The average Bonchev–Trinajstić information content (AvgIpc) is 3.59. The van der Waals surface area contributed by atoms with Crippen LogP contribution in [0, 0.1) is 11.6 Å². The molecular weight excluding hydrogens is 512 g/mol. The molecule has 0 bridgehead atoms. The summed E-state index contributed by atoms with van der Waals surface area (Å²) < 4.78 is 28.0. The molecule has 0 aliphatic carbocycles. The smallest absolute Gasteiger partial charge is 0.251 e. The van der Waals surface area contributed by atoms with Crippen molar-refractivity contribution in [1.82, 2.24) is 46.0 Å². The maximum Gasteiger partial charge on any atom is 0.251 e. The lowest BCUT2D eigenvalue weighted by Crippen LogP contribution is -2.25. The predicted octanol–water partition coefficient (Wildman–Crippen LogP) is 2.57. The van der Waals surface area contributed by atoms with Crippen LogP contribution in [0.5, 0.6) is 0 Å². The van der Waals surface area contributed by atoms with Gasteiger partial charge >= 0.3 is 0 Å². The van der Waals surface area contributed by atoms with Gasteiger partial charge in [-0.1, -0.05) is 29.5 Å². The van der Waals surface area contributed by atoms with Crippen LogP contribution in [-0.4, -0.2) is 52.2 Å². The standard InChI is InChI=1S/C25H27F2N9O3/c1-25(2,3)36-31-23(30-34-36)16-6-4-15(5-7-16)10-19(12-22(37)32-39)35-14-18(29-33-35)13-28-24(38)17-8-9-20(26)21(27)11-17/h4-9,11,14,19,39H,10,12-13H2,1-3H3,(H,28,38)(H,32,37). The third kappa shape index (κ3) is 6.84. The Kier molecular flexibility index (Phi) is 8.04. The fourth-order valence-corrected chi connectivity index (χ4v) is 3.68. The van der Waals surface area contributed by atoms with Crippen LogP contribution in [0.1, 0.15) is 54.8 Å². The van der Waals surface area contributed by atoms with Crippen LogP contribution in [0.4, 0.5) is 8.78 Å². The zero-order valence-corrected chi connectivity index (χ0v) is 21.5. The third-order valence-electron chi connectivity index (χ3n) is 5.79. The quantitative estimate of drug-likeness (QED) is 0.217. The van der Waals surface area contributed by atoms with E-state index in [4.69, 9.17) is 5.21 Å². The minimum atomic E-state index is -1.13. The first-order valence-electron chi connectivity index (χ1n) is 12.0. The SMILES string of the molecule is CC(C)(C)n1nnc(-c2ccc(CC(CC(=O)NO)n3cc(CNC(=O)c4ccc(F)c(F)c4)nn3)cc2)n1. The minimum absolute atomic E-state index is 0.0340. The maximum absolute atomic E-state index is 13.4. The van der Waals surface area contributed by atoms with Gasteiger partial charge in [-0.25, -0.2) is 18.9 Å². The third-order valence-corrected chi connectivity index (χ3v) is 5.79. The molecule has 4 rings (SSSR count). The number of halogens is 2. The Bertz CT molecular complexity index is 1460. The van der Waals surface area contributed by atoms with Crippen molar-refractivity contribution < 1.29 is 23.6 Å². The Labute approximate surface area is 222 Å². The molecule has 0 radical (unpaired) electrons. The molecule has 0 fully saturated rings. The van der Waals surface area contributed by atoms with E-state index < -0.39 is 29.5 Å². The average molecular weight is 540 g/mol. The molecule has 3 N–H and O–H groups in total. The lowest BCUT2D eigenvalue weighted by atomic mass is 10.0. The van der Waals surface area contributed by atoms with Gasteiger partial charge in [-0.05, 0) is 56.2 Å². The highest BCUT2D eigenvalue weighted by Gasteiger charge is 2.20. The van der Waals surface area contributed by atoms with Crippen molar-refractivity contribution in [3.05, 3.63) is 77.1 Å². The Morgan fingerprint density at radius 3 is 2.41 bits per heavy atom. The van der Waals surface area contributed by atoms with E-state index in [9.17, 15) is 18.4 Å². The summed E-state index contributed by atoms with van der Waals surface area (Å²) in [7, 11) is 0. The van der Waals surface area contributed by atoms with Crippen LogP contribution in [0.25, 0.3) is 11.4 Å². The molecule has 2 amide bonds. The first-order chi connectivity index (χ1) is 18.5. The summed E-state index contributed by atoms with van der Waals surface area (Å²) in [5.41, 5.74) is 3.32. The second kappa shape index (κ2) is 11.4. The molecule has 4 aromatic rings. The van der Waals surface area contributed by atoms with Crippen LogP contribution in [0.2, 0.25) is 0 Å². The number of carbonyl (C=O) groups excluding carboxylic acids is 2. The van der Waals surface area contributed by atoms with E-state index in [1.165, 1.54) is 10.7 Å². The maximum atomic E-state index is 13.4. The van der Waals surface area contributed by atoms with E-state index in [1.54, 1.807) is 16.5 Å². The second-order valence-corrected chi connectivity index (χ2v) is 9.87. The molecule has 1 atom stereocenters. The lowest BCUT2D eigenvalue weighted by molar-refractivity contribution is -0.130. The summed E-state index contributed by atoms with van der Waals surface area (Å²) in [5.74, 6) is -2.91. The van der Waals surface area contributed by atoms with Crippen LogP contribution < -0.4 is 10.8 Å². The molecule has 12 nitrogen and oxygen atoms in total. The topological polar surface area (TPSA) is 153 Å². The molecule has 2 aromatic heterocycles. The van der Waals surface area contributed by atoms with E-state index in [0.717, 1.165) is 23.3 Å². The van der Waals surface area contributed by atoms with Crippen molar-refractivity contribution in [2.24, 2.45) is 0 Å². The van der Waals surface area contributed by atoms with Gasteiger partial charge in [0.15, 0.2) is 11.6 Å². The number of nitrogens with zero attached hydrogens (tertiary/aromatic N) is 7. The first kappa shape index (κ1) is 27.4. The van der Waals surface area contributed by atoms with E-state index >= 15 is 0 Å². The van der Waals surface area contributed by atoms with Crippen molar-refractivity contribution in [2.75, 3.05) is 0 Å². The number of rotatable bonds is 9. The number of tetrazole rings is 1. The Morgan fingerprint density at radius 1 is 1.03 bits per heavy atom. The second-order valence-electron chi connectivity index (χ2n) is 9.87. The molecule has 0 aliphatic rings. The molecule has 2 heterocycles. The summed E-state index contributed by atoms with van der Waals surface area (Å²) >= 11 is 0. The largest absolute Gasteiger partial charge is 0.346 e. The van der Waals surface area contributed by atoms with Gasteiger partial charge in [0.1, 0.15) is 5.69 Å². The number of benzene rings is 2. The van der Waals surface area contributed by atoms with Crippen LogP contribution in [-0.2, 0) is 23.3 Å². The normalized spacial score (nSPS) is 12.3. The number of carbonyl (C=O) groups is 2. The van der Waals surface area contributed by atoms with Crippen molar-refractivity contribution in [1.29, 1.82) is 0 Å². The molecule has 0 saturated carbocycles. The fraction of sp³-hybridized carbons (Fsp3) is 0.320. The van der Waals surface area contributed by atoms with E-state index in [1.807, 2.05) is 45.0 Å². The van der Waals surface area contributed by atoms with Gasteiger partial charge in [0, 0.05) is 11.1 Å². The summed E-state index contributed by atoms with van der Waals surface area (Å²) in [5, 5.41) is 32.4. The van der Waals surface area contributed by atoms with Gasteiger partial charge in [-0.3, -0.25) is 14.8 Å². The van der Waals surface area contributed by atoms with Crippen molar-refractivity contribution in [3.8, 4) is 11.4 Å². The van der Waals surface area contributed by atoms with Crippen LogP contribution in [0.15, 0.2) is 48.7 Å². The zero-order chi connectivity index (χ0) is 28.2. The van der Waals surface area contributed by atoms with Crippen molar-refractivity contribution in [3.63, 3.8) is 0 Å². The highest BCUT2D eigenvalue weighted by Crippen LogP contribution is 2.22. The van der Waals surface area contributed by atoms with Crippen LogP contribution in [0.3, 0.4) is 0 Å². The molecule has 0 aliphatic heterocycles. The summed E-state index contributed by atoms with van der Waals surface area (Å²) in [6, 6.07) is 9.78. The number of aromatic nitrogens is 7. The van der Waals surface area contributed by atoms with Gasteiger partial charge in [0.2, 0.25) is 11.7 Å². The van der Waals surface area contributed by atoms with E-state index in [0.29, 0.717) is 17.9 Å². The highest BCUT2D eigenvalue weighted by atomic mass is 19.2. The fourth-order valence-electron chi connectivity index (χ4n) is 3.68. The minimum Gasteiger partial charge on any atom is -0.346 e. The van der Waals surface area contributed by atoms with Gasteiger partial charge in [-0.2, -0.15) is 4.80 Å². The van der Waals surface area contributed by atoms with Gasteiger partial charge in [-0.15, -0.1) is 15.3 Å². The molecular formula is C25H27F2N9O3. The number of amides is 2. The summed E-state index contributed by atoms with van der Waals surface area (Å²) in [6.07, 6.45) is 1.84. The first-order valence-corrected chi connectivity index (χ1v) is 12.0. The van der Waals surface area contributed by atoms with Gasteiger partial charge in [0.25, 0.3) is 5.91 Å². The Morgan fingerprint density at radius 2 is 1.77 bits per heavy atom. The Hall–Kier alpha value is -4.59. The molecule has 0 spiro atoms. The monoisotopic (exact) mass is 539 g/mol. The molecule has 14 heteroatoms. The molecule has 204 valence electrons.